The summed E-state index contributed by atoms with van der Waals surface area (Å²) >= 11 is 0. The molecular formula is C16H18O4. The van der Waals surface area contributed by atoms with Gasteiger partial charge in [-0.3, -0.25) is 0 Å². The quantitative estimate of drug-likeness (QED) is 0.879. The summed E-state index contributed by atoms with van der Waals surface area (Å²) in [6.45, 7) is 0. The summed E-state index contributed by atoms with van der Waals surface area (Å²) in [6, 6.07) is 14.1. The van der Waals surface area contributed by atoms with Gasteiger partial charge >= 0.3 is 0 Å². The van der Waals surface area contributed by atoms with Crippen molar-refractivity contribution in [2.45, 2.75) is 12.2 Å². The fourth-order valence-electron chi connectivity index (χ4n) is 2.02. The van der Waals surface area contributed by atoms with Gasteiger partial charge in [0.2, 0.25) is 0 Å². The minimum absolute atomic E-state index is 0.539. The van der Waals surface area contributed by atoms with Crippen molar-refractivity contribution in [2.75, 3.05) is 14.2 Å². The Bertz CT molecular complexity index is 531. The standard InChI is InChI=1S/C16H18O4/c1-19-13-8-12(9-14(10-13)20-2)16(18)15(17)11-6-4-3-5-7-11/h3-10,15-18H,1-2H3. The second-order valence-corrected chi connectivity index (χ2v) is 4.45. The normalized spacial score (nSPS) is 13.6. The Morgan fingerprint density at radius 1 is 0.750 bits per heavy atom. The first-order valence-electron chi connectivity index (χ1n) is 6.29. The van der Waals surface area contributed by atoms with Gasteiger partial charge < -0.3 is 19.7 Å². The molecule has 0 aromatic heterocycles. The number of methoxy groups -OCH3 is 2. The van der Waals surface area contributed by atoms with E-state index < -0.39 is 12.2 Å². The number of aliphatic hydroxyl groups is 2. The number of aliphatic hydroxyl groups excluding tert-OH is 2. The highest BCUT2D eigenvalue weighted by Gasteiger charge is 2.21. The maximum Gasteiger partial charge on any atom is 0.122 e. The van der Waals surface area contributed by atoms with Crippen LogP contribution in [0.25, 0.3) is 0 Å². The van der Waals surface area contributed by atoms with Gasteiger partial charge in [-0.15, -0.1) is 0 Å². The van der Waals surface area contributed by atoms with Crippen molar-refractivity contribution in [1.29, 1.82) is 0 Å². The van der Waals surface area contributed by atoms with Gasteiger partial charge in [0.25, 0.3) is 0 Å². The molecule has 2 aromatic carbocycles. The highest BCUT2D eigenvalue weighted by atomic mass is 16.5. The van der Waals surface area contributed by atoms with E-state index in [1.165, 1.54) is 0 Å². The molecule has 2 rings (SSSR count). The SMILES string of the molecule is COc1cc(OC)cc(C(O)C(O)c2ccccc2)c1. The molecule has 0 spiro atoms. The Kier molecular flexibility index (Phi) is 4.61. The van der Waals surface area contributed by atoms with Crippen LogP contribution in [0.1, 0.15) is 23.3 Å². The van der Waals surface area contributed by atoms with Gasteiger partial charge in [-0.05, 0) is 23.3 Å². The number of ether oxygens (including phenoxy) is 2. The van der Waals surface area contributed by atoms with E-state index in [0.717, 1.165) is 0 Å². The number of hydrogen-bond acceptors (Lipinski definition) is 4. The molecule has 0 radical (unpaired) electrons. The van der Waals surface area contributed by atoms with Gasteiger partial charge in [0.15, 0.2) is 0 Å². The van der Waals surface area contributed by atoms with Crippen molar-refractivity contribution < 1.29 is 19.7 Å². The zero-order chi connectivity index (χ0) is 14.5. The molecular weight excluding hydrogens is 256 g/mol. The molecule has 2 N–H and O–H groups in total. The molecule has 4 heteroatoms. The van der Waals surface area contributed by atoms with Crippen LogP contribution in [-0.4, -0.2) is 24.4 Å². The lowest BCUT2D eigenvalue weighted by Crippen LogP contribution is -2.10. The molecule has 0 amide bonds. The third-order valence-electron chi connectivity index (χ3n) is 3.16. The molecule has 0 saturated carbocycles. The number of rotatable bonds is 5. The Hall–Kier alpha value is -2.04. The van der Waals surface area contributed by atoms with Gasteiger partial charge in [-0.2, -0.15) is 0 Å². The predicted molar refractivity (Wildman–Crippen MR) is 75.9 cm³/mol. The second kappa shape index (κ2) is 6.41. The summed E-state index contributed by atoms with van der Waals surface area (Å²) in [5.74, 6) is 1.14. The van der Waals surface area contributed by atoms with Gasteiger partial charge in [-0.25, -0.2) is 0 Å². The fraction of sp³-hybridized carbons (Fsp3) is 0.250. The van der Waals surface area contributed by atoms with Crippen LogP contribution in [-0.2, 0) is 0 Å². The van der Waals surface area contributed by atoms with Crippen molar-refractivity contribution in [3.8, 4) is 11.5 Å². The lowest BCUT2D eigenvalue weighted by Gasteiger charge is -2.19. The van der Waals surface area contributed by atoms with E-state index >= 15 is 0 Å². The van der Waals surface area contributed by atoms with Crippen LogP contribution in [0.5, 0.6) is 11.5 Å². The van der Waals surface area contributed by atoms with E-state index in [1.807, 2.05) is 18.2 Å². The summed E-state index contributed by atoms with van der Waals surface area (Å²) in [6.07, 6.45) is -2.06. The largest absolute Gasteiger partial charge is 0.497 e. The Morgan fingerprint density at radius 3 is 1.75 bits per heavy atom. The van der Waals surface area contributed by atoms with Crippen LogP contribution in [0.2, 0.25) is 0 Å². The molecule has 2 aromatic rings. The molecule has 2 unspecified atom stereocenters. The number of hydrogen-bond donors (Lipinski definition) is 2. The van der Waals surface area contributed by atoms with Crippen LogP contribution >= 0.6 is 0 Å². The van der Waals surface area contributed by atoms with Crippen molar-refractivity contribution in [2.24, 2.45) is 0 Å². The summed E-state index contributed by atoms with van der Waals surface area (Å²) < 4.78 is 10.3. The molecule has 0 fully saturated rings. The molecule has 20 heavy (non-hydrogen) atoms. The van der Waals surface area contributed by atoms with Crippen LogP contribution < -0.4 is 9.47 Å². The van der Waals surface area contributed by atoms with E-state index in [-0.39, 0.29) is 0 Å². The fourth-order valence-corrected chi connectivity index (χ4v) is 2.02. The third kappa shape index (κ3) is 3.10. The Morgan fingerprint density at radius 2 is 1.25 bits per heavy atom. The highest BCUT2D eigenvalue weighted by molar-refractivity contribution is 5.40. The Labute approximate surface area is 118 Å². The molecule has 4 nitrogen and oxygen atoms in total. The predicted octanol–water partition coefficient (Wildman–Crippen LogP) is 2.47. The average molecular weight is 274 g/mol. The van der Waals surface area contributed by atoms with E-state index in [1.54, 1.807) is 44.6 Å². The molecule has 0 aliphatic heterocycles. The van der Waals surface area contributed by atoms with Gasteiger partial charge in [-0.1, -0.05) is 30.3 Å². The second-order valence-electron chi connectivity index (χ2n) is 4.45. The first kappa shape index (κ1) is 14.4. The minimum atomic E-state index is -1.05. The van der Waals surface area contributed by atoms with Crippen LogP contribution in [0, 0.1) is 0 Å². The molecule has 0 bridgehead atoms. The summed E-state index contributed by atoms with van der Waals surface area (Å²) in [7, 11) is 3.08. The zero-order valence-electron chi connectivity index (χ0n) is 11.5. The average Bonchev–Trinajstić information content (AvgIpc) is 2.53. The third-order valence-corrected chi connectivity index (χ3v) is 3.16. The minimum Gasteiger partial charge on any atom is -0.497 e. The maximum absolute atomic E-state index is 10.3. The van der Waals surface area contributed by atoms with E-state index in [4.69, 9.17) is 9.47 Å². The van der Waals surface area contributed by atoms with Crippen LogP contribution in [0.4, 0.5) is 0 Å². The smallest absolute Gasteiger partial charge is 0.122 e. The molecule has 2 atom stereocenters. The number of benzene rings is 2. The summed E-state index contributed by atoms with van der Waals surface area (Å²) in [5, 5.41) is 20.6. The molecule has 0 heterocycles. The first-order valence-corrected chi connectivity index (χ1v) is 6.29. The first-order chi connectivity index (χ1) is 9.65. The molecule has 106 valence electrons. The topological polar surface area (TPSA) is 58.9 Å². The van der Waals surface area contributed by atoms with E-state index in [2.05, 4.69) is 0 Å². The van der Waals surface area contributed by atoms with Crippen molar-refractivity contribution in [3.63, 3.8) is 0 Å². The van der Waals surface area contributed by atoms with Crippen LogP contribution in [0.15, 0.2) is 48.5 Å². The highest BCUT2D eigenvalue weighted by Crippen LogP contribution is 2.33. The van der Waals surface area contributed by atoms with Crippen LogP contribution in [0.3, 0.4) is 0 Å². The monoisotopic (exact) mass is 274 g/mol. The van der Waals surface area contributed by atoms with E-state index in [9.17, 15) is 10.2 Å². The van der Waals surface area contributed by atoms with Gasteiger partial charge in [0, 0.05) is 6.07 Å². The molecule has 0 saturated heterocycles. The van der Waals surface area contributed by atoms with Crippen molar-refractivity contribution >= 4 is 0 Å². The maximum atomic E-state index is 10.3. The lowest BCUT2D eigenvalue weighted by molar-refractivity contribution is 0.0170. The van der Waals surface area contributed by atoms with Gasteiger partial charge in [0.05, 0.1) is 14.2 Å². The zero-order valence-corrected chi connectivity index (χ0v) is 11.5. The van der Waals surface area contributed by atoms with Crippen molar-refractivity contribution in [3.05, 3.63) is 59.7 Å². The summed E-state index contributed by atoms with van der Waals surface area (Å²) in [4.78, 5) is 0. The van der Waals surface area contributed by atoms with E-state index in [0.29, 0.717) is 22.6 Å². The van der Waals surface area contributed by atoms with Gasteiger partial charge in [0.1, 0.15) is 23.7 Å². The Balaban J connectivity index is 2.30. The molecule has 0 aliphatic carbocycles. The lowest BCUT2D eigenvalue weighted by atomic mass is 9.98. The molecule has 0 aliphatic rings. The summed E-state index contributed by atoms with van der Waals surface area (Å²) in [5.41, 5.74) is 1.19. The van der Waals surface area contributed by atoms with Crippen molar-refractivity contribution in [1.82, 2.24) is 0 Å².